The minimum Gasteiger partial charge on any atom is -0.340 e. The zero-order valence-corrected chi connectivity index (χ0v) is 18.2. The van der Waals surface area contributed by atoms with Crippen LogP contribution in [0.5, 0.6) is 0 Å². The van der Waals surface area contributed by atoms with Gasteiger partial charge in [0.1, 0.15) is 23.8 Å². The van der Waals surface area contributed by atoms with E-state index in [2.05, 4.69) is 40.9 Å². The highest BCUT2D eigenvalue weighted by molar-refractivity contribution is 9.10. The fraction of sp³-hybridized carbons (Fsp3) is 0.0500. The van der Waals surface area contributed by atoms with Crippen molar-refractivity contribution in [3.05, 3.63) is 83.6 Å². The molecule has 2 aromatic carbocycles. The quantitative estimate of drug-likeness (QED) is 0.423. The van der Waals surface area contributed by atoms with Crippen molar-refractivity contribution in [2.45, 2.75) is 11.8 Å². The number of hydrogen-bond donors (Lipinski definition) is 2. The molecule has 10 heteroatoms. The molecule has 0 aliphatic heterocycles. The standard InChI is InChI=1S/C20H17BrN6O2S/c1-14-22-10-11-27(14)20-12-19(23-13-24-20)25-16-4-6-17(7-5-16)26-30(28,29)18-8-2-15(21)3-9-18/h2-13,26H,1H3,(H,23,24,25). The SMILES string of the molecule is Cc1nccn1-c1cc(Nc2ccc(NS(=O)(=O)c3ccc(Br)cc3)cc2)ncn1. The Labute approximate surface area is 182 Å². The third kappa shape index (κ3) is 4.50. The highest BCUT2D eigenvalue weighted by Crippen LogP contribution is 2.22. The summed E-state index contributed by atoms with van der Waals surface area (Å²) in [7, 11) is -3.66. The van der Waals surface area contributed by atoms with E-state index in [1.807, 2.05) is 17.7 Å². The molecule has 0 unspecified atom stereocenters. The third-order valence-electron chi connectivity index (χ3n) is 4.26. The first-order chi connectivity index (χ1) is 14.4. The molecule has 30 heavy (non-hydrogen) atoms. The van der Waals surface area contributed by atoms with Gasteiger partial charge in [0.25, 0.3) is 10.0 Å². The van der Waals surface area contributed by atoms with Gasteiger partial charge in [0.2, 0.25) is 0 Å². The number of aryl methyl sites for hydroxylation is 1. The number of rotatable bonds is 6. The minimum atomic E-state index is -3.66. The average Bonchev–Trinajstić information content (AvgIpc) is 3.16. The number of benzene rings is 2. The number of aromatic nitrogens is 4. The van der Waals surface area contributed by atoms with E-state index >= 15 is 0 Å². The maximum atomic E-state index is 12.5. The van der Waals surface area contributed by atoms with E-state index in [4.69, 9.17) is 0 Å². The lowest BCUT2D eigenvalue weighted by Crippen LogP contribution is -2.12. The summed E-state index contributed by atoms with van der Waals surface area (Å²) >= 11 is 3.30. The molecule has 0 atom stereocenters. The highest BCUT2D eigenvalue weighted by Gasteiger charge is 2.14. The van der Waals surface area contributed by atoms with E-state index < -0.39 is 10.0 Å². The van der Waals surface area contributed by atoms with Crippen LogP contribution in [0.3, 0.4) is 0 Å². The predicted molar refractivity (Wildman–Crippen MR) is 119 cm³/mol. The molecule has 0 amide bonds. The molecular formula is C20H17BrN6O2S. The van der Waals surface area contributed by atoms with Crippen molar-refractivity contribution in [1.82, 2.24) is 19.5 Å². The Hall–Kier alpha value is -3.24. The van der Waals surface area contributed by atoms with Crippen LogP contribution >= 0.6 is 15.9 Å². The average molecular weight is 485 g/mol. The molecule has 2 aromatic heterocycles. The first-order valence-electron chi connectivity index (χ1n) is 8.88. The molecule has 152 valence electrons. The zero-order valence-electron chi connectivity index (χ0n) is 15.8. The van der Waals surface area contributed by atoms with E-state index in [0.717, 1.165) is 16.0 Å². The van der Waals surface area contributed by atoms with Crippen LogP contribution in [0, 0.1) is 6.92 Å². The monoisotopic (exact) mass is 484 g/mol. The number of halogens is 1. The van der Waals surface area contributed by atoms with E-state index in [-0.39, 0.29) is 4.90 Å². The Morgan fingerprint density at radius 2 is 1.63 bits per heavy atom. The van der Waals surface area contributed by atoms with Crippen LogP contribution in [-0.4, -0.2) is 27.9 Å². The van der Waals surface area contributed by atoms with Crippen molar-refractivity contribution in [2.75, 3.05) is 10.0 Å². The summed E-state index contributed by atoms with van der Waals surface area (Å²) in [6, 6.07) is 15.1. The Kier molecular flexibility index (Phi) is 5.51. The van der Waals surface area contributed by atoms with E-state index in [1.165, 1.54) is 18.5 Å². The van der Waals surface area contributed by atoms with E-state index in [9.17, 15) is 8.42 Å². The maximum Gasteiger partial charge on any atom is 0.261 e. The summed E-state index contributed by atoms with van der Waals surface area (Å²) < 4.78 is 30.2. The van der Waals surface area contributed by atoms with E-state index in [1.54, 1.807) is 48.7 Å². The van der Waals surface area contributed by atoms with Crippen LogP contribution in [0.25, 0.3) is 5.82 Å². The van der Waals surface area contributed by atoms with E-state index in [0.29, 0.717) is 17.3 Å². The second kappa shape index (κ2) is 8.25. The number of sulfonamides is 1. The molecule has 2 N–H and O–H groups in total. The smallest absolute Gasteiger partial charge is 0.261 e. The molecule has 4 aromatic rings. The first kappa shape index (κ1) is 20.0. The Morgan fingerprint density at radius 1 is 0.933 bits per heavy atom. The summed E-state index contributed by atoms with van der Waals surface area (Å²) in [4.78, 5) is 12.9. The van der Waals surface area contributed by atoms with Crippen molar-refractivity contribution < 1.29 is 8.42 Å². The largest absolute Gasteiger partial charge is 0.340 e. The minimum absolute atomic E-state index is 0.191. The van der Waals surface area contributed by atoms with Crippen LogP contribution in [0.2, 0.25) is 0 Å². The molecule has 0 bridgehead atoms. The molecule has 4 rings (SSSR count). The van der Waals surface area contributed by atoms with Crippen molar-refractivity contribution in [1.29, 1.82) is 0 Å². The molecule has 0 aliphatic rings. The summed E-state index contributed by atoms with van der Waals surface area (Å²) in [5.41, 5.74) is 1.22. The van der Waals surface area contributed by atoms with Gasteiger partial charge in [-0.1, -0.05) is 15.9 Å². The molecular weight excluding hydrogens is 468 g/mol. The van der Waals surface area contributed by atoms with Gasteiger partial charge in [-0.25, -0.2) is 23.4 Å². The fourth-order valence-electron chi connectivity index (χ4n) is 2.76. The molecule has 0 saturated heterocycles. The fourth-order valence-corrected chi connectivity index (χ4v) is 4.09. The Balaban J connectivity index is 1.48. The van der Waals surface area contributed by atoms with Crippen LogP contribution in [0.1, 0.15) is 5.82 Å². The summed E-state index contributed by atoms with van der Waals surface area (Å²) in [6.45, 7) is 1.89. The lowest BCUT2D eigenvalue weighted by atomic mass is 10.3. The van der Waals surface area contributed by atoms with Gasteiger partial charge < -0.3 is 5.32 Å². The van der Waals surface area contributed by atoms with Gasteiger partial charge in [0, 0.05) is 34.3 Å². The summed E-state index contributed by atoms with van der Waals surface area (Å²) in [5, 5.41) is 3.19. The lowest BCUT2D eigenvalue weighted by Gasteiger charge is -2.11. The van der Waals surface area contributed by atoms with Gasteiger partial charge in [-0.15, -0.1) is 0 Å². The third-order valence-corrected chi connectivity index (χ3v) is 6.18. The number of imidazole rings is 1. The van der Waals surface area contributed by atoms with Crippen molar-refractivity contribution in [3.8, 4) is 5.82 Å². The predicted octanol–water partition coefficient (Wildman–Crippen LogP) is 4.28. The van der Waals surface area contributed by atoms with Gasteiger partial charge >= 0.3 is 0 Å². The van der Waals surface area contributed by atoms with Gasteiger partial charge in [-0.2, -0.15) is 0 Å². The van der Waals surface area contributed by atoms with Gasteiger partial charge in [0.15, 0.2) is 0 Å². The van der Waals surface area contributed by atoms with Gasteiger partial charge in [-0.3, -0.25) is 9.29 Å². The summed E-state index contributed by atoms with van der Waals surface area (Å²) in [6.07, 6.45) is 5.00. The molecule has 0 saturated carbocycles. The topological polar surface area (TPSA) is 102 Å². The van der Waals surface area contributed by atoms with Gasteiger partial charge in [-0.05, 0) is 55.5 Å². The second-order valence-electron chi connectivity index (χ2n) is 6.37. The number of hydrogen-bond acceptors (Lipinski definition) is 6. The maximum absolute atomic E-state index is 12.5. The van der Waals surface area contributed by atoms with Crippen LogP contribution in [0.15, 0.2) is 82.7 Å². The lowest BCUT2D eigenvalue weighted by molar-refractivity contribution is 0.601. The normalized spacial score (nSPS) is 11.3. The summed E-state index contributed by atoms with van der Waals surface area (Å²) in [5.74, 6) is 2.12. The molecule has 0 fully saturated rings. The van der Waals surface area contributed by atoms with Crippen LogP contribution in [-0.2, 0) is 10.0 Å². The van der Waals surface area contributed by atoms with Crippen molar-refractivity contribution in [2.24, 2.45) is 0 Å². The van der Waals surface area contributed by atoms with Gasteiger partial charge in [0.05, 0.1) is 4.90 Å². The molecule has 8 nitrogen and oxygen atoms in total. The molecule has 0 aliphatic carbocycles. The number of nitrogens with zero attached hydrogens (tertiary/aromatic N) is 4. The first-order valence-corrected chi connectivity index (χ1v) is 11.2. The molecule has 0 radical (unpaired) electrons. The number of anilines is 3. The van der Waals surface area contributed by atoms with Crippen LogP contribution in [0.4, 0.5) is 17.2 Å². The zero-order chi connectivity index (χ0) is 21.1. The molecule has 0 spiro atoms. The Bertz CT molecular complexity index is 1270. The van der Waals surface area contributed by atoms with Crippen molar-refractivity contribution in [3.63, 3.8) is 0 Å². The second-order valence-corrected chi connectivity index (χ2v) is 8.97. The van der Waals surface area contributed by atoms with Crippen LogP contribution < -0.4 is 10.0 Å². The van der Waals surface area contributed by atoms with Crippen molar-refractivity contribution >= 4 is 43.1 Å². The highest BCUT2D eigenvalue weighted by atomic mass is 79.9. The Morgan fingerprint density at radius 3 is 2.30 bits per heavy atom. The number of nitrogens with one attached hydrogen (secondary N) is 2. The molecule has 2 heterocycles.